The summed E-state index contributed by atoms with van der Waals surface area (Å²) in [6, 6.07) is 3.65. The maximum Gasteiger partial charge on any atom is 0.270 e. The van der Waals surface area contributed by atoms with E-state index in [0.29, 0.717) is 25.5 Å². The van der Waals surface area contributed by atoms with Crippen LogP contribution in [0, 0.1) is 0 Å². The molecule has 1 aliphatic heterocycles. The minimum Gasteiger partial charge on any atom is -0.382 e. The summed E-state index contributed by atoms with van der Waals surface area (Å²) < 4.78 is 12.8. The number of aromatic nitrogens is 3. The van der Waals surface area contributed by atoms with Crippen LogP contribution < -0.4 is 0 Å². The zero-order valence-electron chi connectivity index (χ0n) is 14.1. The molecule has 3 rings (SSSR count). The highest BCUT2D eigenvalue weighted by molar-refractivity contribution is 5.92. The lowest BCUT2D eigenvalue weighted by atomic mass is 10.0. The Hall–Kier alpha value is -2.12. The number of amides is 1. The topological polar surface area (TPSA) is 72.4 Å². The molecule has 3 heterocycles. The van der Waals surface area contributed by atoms with Gasteiger partial charge in [0.05, 0.1) is 31.6 Å². The number of aromatic amines is 1. The van der Waals surface area contributed by atoms with Crippen LogP contribution in [0.1, 0.15) is 22.5 Å². The van der Waals surface area contributed by atoms with Gasteiger partial charge in [-0.3, -0.25) is 9.48 Å². The van der Waals surface area contributed by atoms with Crippen LogP contribution in [0.3, 0.4) is 0 Å². The van der Waals surface area contributed by atoms with E-state index in [-0.39, 0.29) is 18.1 Å². The highest BCUT2D eigenvalue weighted by Crippen LogP contribution is 2.26. The first-order chi connectivity index (χ1) is 11.7. The third-order valence-corrected chi connectivity index (χ3v) is 4.40. The van der Waals surface area contributed by atoms with Crippen molar-refractivity contribution in [3.8, 4) is 0 Å². The van der Waals surface area contributed by atoms with E-state index in [1.165, 1.54) is 0 Å². The number of ether oxygens (including phenoxy) is 2. The van der Waals surface area contributed by atoms with Gasteiger partial charge in [-0.25, -0.2) is 0 Å². The van der Waals surface area contributed by atoms with E-state index in [1.54, 1.807) is 18.0 Å². The highest BCUT2D eigenvalue weighted by Gasteiger charge is 2.38. The van der Waals surface area contributed by atoms with Crippen LogP contribution in [0.15, 0.2) is 30.7 Å². The smallest absolute Gasteiger partial charge is 0.270 e. The van der Waals surface area contributed by atoms with Gasteiger partial charge in [0.1, 0.15) is 5.69 Å². The fourth-order valence-electron chi connectivity index (χ4n) is 3.23. The van der Waals surface area contributed by atoms with E-state index in [9.17, 15) is 4.79 Å². The molecule has 0 unspecified atom stereocenters. The number of H-pyrrole nitrogens is 1. The van der Waals surface area contributed by atoms with Crippen molar-refractivity contribution in [2.45, 2.75) is 25.0 Å². The van der Waals surface area contributed by atoms with Crippen LogP contribution in [0.5, 0.6) is 0 Å². The molecular formula is C17H24N4O3. The number of nitrogens with one attached hydrogen (secondary N) is 1. The van der Waals surface area contributed by atoms with Gasteiger partial charge in [-0.05, 0) is 30.5 Å². The predicted octanol–water partition coefficient (Wildman–Crippen LogP) is 1.24. The summed E-state index contributed by atoms with van der Waals surface area (Å²) in [5, 5.41) is 4.23. The van der Waals surface area contributed by atoms with Crippen molar-refractivity contribution in [3.05, 3.63) is 42.0 Å². The van der Waals surface area contributed by atoms with Crippen molar-refractivity contribution in [2.24, 2.45) is 7.05 Å². The second-order valence-corrected chi connectivity index (χ2v) is 6.07. The van der Waals surface area contributed by atoms with E-state index in [2.05, 4.69) is 10.1 Å². The van der Waals surface area contributed by atoms with E-state index in [0.717, 1.165) is 18.4 Å². The fraction of sp³-hybridized carbons (Fsp3) is 0.529. The number of carbonyl (C=O) groups excluding carboxylic acids is 1. The van der Waals surface area contributed by atoms with E-state index < -0.39 is 0 Å². The molecule has 2 atom stereocenters. The summed E-state index contributed by atoms with van der Waals surface area (Å²) in [5.41, 5.74) is 1.72. The molecule has 1 fully saturated rings. The molecule has 1 amide bonds. The number of rotatable bonds is 7. The Labute approximate surface area is 141 Å². The van der Waals surface area contributed by atoms with Crippen LogP contribution in [0.2, 0.25) is 0 Å². The quantitative estimate of drug-likeness (QED) is 0.774. The molecule has 0 radical (unpaired) electrons. The van der Waals surface area contributed by atoms with Gasteiger partial charge >= 0.3 is 0 Å². The summed E-state index contributed by atoms with van der Waals surface area (Å²) in [5.74, 6) is 0.0201. The van der Waals surface area contributed by atoms with Crippen LogP contribution in [0.25, 0.3) is 0 Å². The van der Waals surface area contributed by atoms with Crippen molar-refractivity contribution in [2.75, 3.05) is 26.9 Å². The number of carbonyl (C=O) groups is 1. The SMILES string of the molecule is COCCO[C@@H]1CCN(C(=O)c2ccc[nH]2)[C@H]1Cc1cnn(C)c1. The maximum absolute atomic E-state index is 12.8. The minimum atomic E-state index is 0.00172. The molecule has 0 saturated carbocycles. The lowest BCUT2D eigenvalue weighted by Gasteiger charge is -2.27. The molecule has 0 bridgehead atoms. The fourth-order valence-corrected chi connectivity index (χ4v) is 3.23. The first-order valence-electron chi connectivity index (χ1n) is 8.21. The van der Waals surface area contributed by atoms with Gasteiger partial charge in [0.2, 0.25) is 0 Å². The lowest BCUT2D eigenvalue weighted by molar-refractivity contribution is 0.000425. The Morgan fingerprint density at radius 3 is 3.00 bits per heavy atom. The van der Waals surface area contributed by atoms with Crippen molar-refractivity contribution in [3.63, 3.8) is 0 Å². The number of hydrogen-bond donors (Lipinski definition) is 1. The van der Waals surface area contributed by atoms with Crippen LogP contribution in [0.4, 0.5) is 0 Å². The van der Waals surface area contributed by atoms with E-state index in [4.69, 9.17) is 9.47 Å². The molecular weight excluding hydrogens is 308 g/mol. The Bertz CT molecular complexity index is 653. The number of likely N-dealkylation sites (tertiary alicyclic amines) is 1. The number of methoxy groups -OCH3 is 1. The minimum absolute atomic E-state index is 0.00172. The van der Waals surface area contributed by atoms with Crippen molar-refractivity contribution in [1.82, 2.24) is 19.7 Å². The van der Waals surface area contributed by atoms with Crippen molar-refractivity contribution >= 4 is 5.91 Å². The lowest BCUT2D eigenvalue weighted by Crippen LogP contribution is -2.42. The van der Waals surface area contributed by atoms with Gasteiger partial charge in [-0.1, -0.05) is 0 Å². The Morgan fingerprint density at radius 1 is 1.46 bits per heavy atom. The Kier molecular flexibility index (Phi) is 5.32. The molecule has 7 heteroatoms. The molecule has 130 valence electrons. The van der Waals surface area contributed by atoms with E-state index in [1.807, 2.05) is 36.5 Å². The van der Waals surface area contributed by atoms with E-state index >= 15 is 0 Å². The zero-order chi connectivity index (χ0) is 16.9. The Morgan fingerprint density at radius 2 is 2.33 bits per heavy atom. The van der Waals surface area contributed by atoms with Crippen LogP contribution >= 0.6 is 0 Å². The second-order valence-electron chi connectivity index (χ2n) is 6.07. The average molecular weight is 332 g/mol. The largest absolute Gasteiger partial charge is 0.382 e. The summed E-state index contributed by atoms with van der Waals surface area (Å²) in [6.45, 7) is 1.79. The third-order valence-electron chi connectivity index (χ3n) is 4.40. The monoisotopic (exact) mass is 332 g/mol. The Balaban J connectivity index is 1.75. The first-order valence-corrected chi connectivity index (χ1v) is 8.21. The maximum atomic E-state index is 12.8. The average Bonchev–Trinajstić information content (AvgIpc) is 3.30. The summed E-state index contributed by atoms with van der Waals surface area (Å²) in [7, 11) is 3.55. The number of hydrogen-bond acceptors (Lipinski definition) is 4. The van der Waals surface area contributed by atoms with Gasteiger partial charge in [0, 0.05) is 33.1 Å². The molecule has 1 N–H and O–H groups in total. The third kappa shape index (κ3) is 3.68. The normalized spacial score (nSPS) is 20.7. The molecule has 2 aromatic heterocycles. The zero-order valence-corrected chi connectivity index (χ0v) is 14.1. The molecule has 1 aliphatic rings. The molecule has 1 saturated heterocycles. The number of nitrogens with zero attached hydrogens (tertiary/aromatic N) is 3. The van der Waals surface area contributed by atoms with Crippen molar-refractivity contribution in [1.29, 1.82) is 0 Å². The molecule has 0 aromatic carbocycles. The van der Waals surface area contributed by atoms with Gasteiger partial charge in [0.25, 0.3) is 5.91 Å². The second kappa shape index (κ2) is 7.63. The summed E-state index contributed by atoms with van der Waals surface area (Å²) in [4.78, 5) is 17.7. The highest BCUT2D eigenvalue weighted by atomic mass is 16.5. The number of aryl methyl sites for hydroxylation is 1. The summed E-state index contributed by atoms with van der Waals surface area (Å²) >= 11 is 0. The molecule has 2 aromatic rings. The molecule has 0 aliphatic carbocycles. The molecule has 24 heavy (non-hydrogen) atoms. The van der Waals surface area contributed by atoms with Gasteiger partial charge in [0.15, 0.2) is 0 Å². The first kappa shape index (κ1) is 16.7. The molecule has 7 nitrogen and oxygen atoms in total. The van der Waals surface area contributed by atoms with Crippen molar-refractivity contribution < 1.29 is 14.3 Å². The van der Waals surface area contributed by atoms with Crippen LogP contribution in [-0.2, 0) is 22.9 Å². The predicted molar refractivity (Wildman–Crippen MR) is 88.8 cm³/mol. The van der Waals surface area contributed by atoms with Gasteiger partial charge in [-0.15, -0.1) is 0 Å². The van der Waals surface area contributed by atoms with Gasteiger partial charge in [-0.2, -0.15) is 5.10 Å². The molecule has 0 spiro atoms. The van der Waals surface area contributed by atoms with Gasteiger partial charge < -0.3 is 19.4 Å². The van der Waals surface area contributed by atoms with Crippen LogP contribution in [-0.4, -0.2) is 64.6 Å². The standard InChI is InChI=1S/C17H24N4O3/c1-20-12-13(11-19-20)10-15-16(24-9-8-23-2)5-7-21(15)17(22)14-4-3-6-18-14/h3-4,6,11-12,15-16,18H,5,7-10H2,1-2H3/t15-,16+/m0/s1. The summed E-state index contributed by atoms with van der Waals surface area (Å²) in [6.07, 6.45) is 7.19.